The summed E-state index contributed by atoms with van der Waals surface area (Å²) in [6.07, 6.45) is 2.79. The van der Waals surface area contributed by atoms with Crippen LogP contribution in [0.5, 0.6) is 0 Å². The maximum absolute atomic E-state index is 14.4. The van der Waals surface area contributed by atoms with Crippen LogP contribution in [0.4, 0.5) is 15.8 Å². The van der Waals surface area contributed by atoms with Gasteiger partial charge in [0.1, 0.15) is 11.2 Å². The van der Waals surface area contributed by atoms with Crippen LogP contribution in [0, 0.1) is 5.82 Å². The summed E-state index contributed by atoms with van der Waals surface area (Å²) in [4.78, 5) is 47.1. The van der Waals surface area contributed by atoms with E-state index < -0.39 is 29.0 Å². The number of carbonyl (C=O) groups excluding carboxylic acids is 2. The van der Waals surface area contributed by atoms with Crippen LogP contribution < -0.4 is 15.5 Å². The van der Waals surface area contributed by atoms with Crippen molar-refractivity contribution in [1.29, 1.82) is 0 Å². The SMILES string of the molecule is CNC(=O)c1cc(Cl)c(F)cc1NC(=O)C1(c2ccccc2C(C)C)CN(c2cnc(C(=O)O)nc2)C1. The normalized spacial score (nSPS) is 14.2. The predicted octanol–water partition coefficient (Wildman–Crippen LogP) is 3.85. The van der Waals surface area contributed by atoms with Crippen LogP contribution in [-0.4, -0.2) is 53.0 Å². The second-order valence-corrected chi connectivity index (χ2v) is 9.50. The molecule has 0 atom stereocenters. The molecule has 4 rings (SSSR count). The molecule has 37 heavy (non-hydrogen) atoms. The van der Waals surface area contributed by atoms with Gasteiger partial charge in [0.25, 0.3) is 5.91 Å². The fraction of sp³-hybridized carbons (Fsp3) is 0.269. The molecule has 2 aromatic carbocycles. The number of hydrogen-bond acceptors (Lipinski definition) is 6. The van der Waals surface area contributed by atoms with Crippen molar-refractivity contribution in [2.24, 2.45) is 0 Å². The fourth-order valence-corrected chi connectivity index (χ4v) is 4.63. The Morgan fingerprint density at radius 3 is 2.38 bits per heavy atom. The maximum Gasteiger partial charge on any atom is 0.373 e. The van der Waals surface area contributed by atoms with Gasteiger partial charge >= 0.3 is 5.97 Å². The Hall–Kier alpha value is -4.05. The van der Waals surface area contributed by atoms with Crippen molar-refractivity contribution in [3.8, 4) is 0 Å². The number of halogens is 2. The minimum Gasteiger partial charge on any atom is -0.475 e. The first-order valence-electron chi connectivity index (χ1n) is 11.5. The smallest absolute Gasteiger partial charge is 0.373 e. The molecule has 2 amide bonds. The maximum atomic E-state index is 14.4. The first kappa shape index (κ1) is 26.0. The van der Waals surface area contributed by atoms with E-state index in [0.29, 0.717) is 5.69 Å². The van der Waals surface area contributed by atoms with Gasteiger partial charge in [-0.05, 0) is 29.2 Å². The summed E-state index contributed by atoms with van der Waals surface area (Å²) in [6, 6.07) is 9.80. The molecule has 2 heterocycles. The molecule has 1 saturated heterocycles. The zero-order valence-corrected chi connectivity index (χ0v) is 21.1. The van der Waals surface area contributed by atoms with Crippen LogP contribution in [0.1, 0.15) is 51.9 Å². The van der Waals surface area contributed by atoms with Crippen molar-refractivity contribution in [1.82, 2.24) is 15.3 Å². The first-order valence-corrected chi connectivity index (χ1v) is 11.9. The summed E-state index contributed by atoms with van der Waals surface area (Å²) in [7, 11) is 1.42. The van der Waals surface area contributed by atoms with E-state index in [1.807, 2.05) is 43.0 Å². The molecule has 192 valence electrons. The Bertz CT molecular complexity index is 1370. The van der Waals surface area contributed by atoms with Gasteiger partial charge in [-0.3, -0.25) is 9.59 Å². The van der Waals surface area contributed by atoms with Crippen molar-refractivity contribution in [2.75, 3.05) is 30.4 Å². The Labute approximate surface area is 217 Å². The molecule has 9 nitrogen and oxygen atoms in total. The molecule has 0 bridgehead atoms. The van der Waals surface area contributed by atoms with Gasteiger partial charge in [0, 0.05) is 20.1 Å². The number of rotatable bonds is 7. The third kappa shape index (κ3) is 4.84. The number of aromatic nitrogens is 2. The highest BCUT2D eigenvalue weighted by molar-refractivity contribution is 6.31. The molecule has 1 aromatic heterocycles. The average molecular weight is 526 g/mol. The van der Waals surface area contributed by atoms with E-state index >= 15 is 0 Å². The van der Waals surface area contributed by atoms with Crippen LogP contribution in [0.2, 0.25) is 5.02 Å². The third-order valence-electron chi connectivity index (χ3n) is 6.43. The topological polar surface area (TPSA) is 125 Å². The lowest BCUT2D eigenvalue weighted by Crippen LogP contribution is -2.65. The van der Waals surface area contributed by atoms with Gasteiger partial charge in [-0.15, -0.1) is 0 Å². The number of nitrogens with one attached hydrogen (secondary N) is 2. The van der Waals surface area contributed by atoms with Gasteiger partial charge < -0.3 is 20.6 Å². The Morgan fingerprint density at radius 1 is 1.14 bits per heavy atom. The van der Waals surface area contributed by atoms with Crippen LogP contribution >= 0.6 is 11.6 Å². The number of carboxylic acids is 1. The second kappa shape index (κ2) is 10.1. The average Bonchev–Trinajstić information content (AvgIpc) is 2.85. The number of benzene rings is 2. The molecule has 0 spiro atoms. The number of nitrogens with zero attached hydrogens (tertiary/aromatic N) is 3. The van der Waals surface area contributed by atoms with Crippen molar-refractivity contribution in [3.63, 3.8) is 0 Å². The van der Waals surface area contributed by atoms with Gasteiger partial charge in [0.05, 0.1) is 34.4 Å². The molecule has 3 aromatic rings. The molecular formula is C26H25ClFN5O4. The minimum atomic E-state index is -1.24. The van der Waals surface area contributed by atoms with Crippen LogP contribution in [0.25, 0.3) is 0 Å². The highest BCUT2D eigenvalue weighted by Crippen LogP contribution is 2.42. The van der Waals surface area contributed by atoms with Crippen molar-refractivity contribution < 1.29 is 23.9 Å². The van der Waals surface area contributed by atoms with Gasteiger partial charge in [-0.25, -0.2) is 19.2 Å². The van der Waals surface area contributed by atoms with E-state index in [1.165, 1.54) is 25.5 Å². The number of carboxylic acid groups (broad SMARTS) is 1. The van der Waals surface area contributed by atoms with E-state index in [9.17, 15) is 18.8 Å². The van der Waals surface area contributed by atoms with E-state index in [4.69, 9.17) is 16.7 Å². The van der Waals surface area contributed by atoms with Crippen molar-refractivity contribution in [2.45, 2.75) is 25.2 Å². The number of carbonyl (C=O) groups is 3. The molecular weight excluding hydrogens is 501 g/mol. The summed E-state index contributed by atoms with van der Waals surface area (Å²) < 4.78 is 14.4. The molecule has 0 aliphatic carbocycles. The Morgan fingerprint density at radius 2 is 1.78 bits per heavy atom. The highest BCUT2D eigenvalue weighted by Gasteiger charge is 2.52. The van der Waals surface area contributed by atoms with Crippen LogP contribution in [0.3, 0.4) is 0 Å². The van der Waals surface area contributed by atoms with Crippen LogP contribution in [0.15, 0.2) is 48.8 Å². The third-order valence-corrected chi connectivity index (χ3v) is 6.72. The minimum absolute atomic E-state index is 0.000229. The predicted molar refractivity (Wildman–Crippen MR) is 137 cm³/mol. The van der Waals surface area contributed by atoms with Crippen molar-refractivity contribution >= 4 is 40.8 Å². The molecule has 0 unspecified atom stereocenters. The Balaban J connectivity index is 1.73. The molecule has 3 N–H and O–H groups in total. The fourth-order valence-electron chi connectivity index (χ4n) is 4.47. The van der Waals surface area contributed by atoms with Gasteiger partial charge in [-0.2, -0.15) is 0 Å². The van der Waals surface area contributed by atoms with Crippen molar-refractivity contribution in [3.05, 3.63) is 82.1 Å². The van der Waals surface area contributed by atoms with E-state index in [0.717, 1.165) is 17.2 Å². The lowest BCUT2D eigenvalue weighted by Gasteiger charge is -2.51. The Kier molecular flexibility index (Phi) is 7.13. The molecule has 1 aliphatic heterocycles. The number of amides is 2. The summed E-state index contributed by atoms with van der Waals surface area (Å²) in [5.74, 6) is -3.18. The van der Waals surface area contributed by atoms with Gasteiger partial charge in [0.2, 0.25) is 11.7 Å². The van der Waals surface area contributed by atoms with Gasteiger partial charge in [-0.1, -0.05) is 49.7 Å². The summed E-state index contributed by atoms with van der Waals surface area (Å²) in [5, 5.41) is 14.1. The quantitative estimate of drug-likeness (QED) is 0.428. The standard InChI is InChI=1S/C26H25ClFN5O4/c1-14(2)16-6-4-5-7-18(16)26(12-33(13-26)15-10-30-22(24(35)36)31-11-15)25(37)32-21-9-20(28)19(27)8-17(21)23(34)29-3/h4-11,14H,12-13H2,1-3H3,(H,29,34)(H,32,37)(H,35,36). The first-order chi connectivity index (χ1) is 17.6. The van der Waals surface area contributed by atoms with Gasteiger partial charge in [0.15, 0.2) is 0 Å². The number of hydrogen-bond donors (Lipinski definition) is 3. The summed E-state index contributed by atoms with van der Waals surface area (Å²) >= 11 is 5.90. The lowest BCUT2D eigenvalue weighted by atomic mass is 9.69. The van der Waals surface area contributed by atoms with Crippen LogP contribution in [-0.2, 0) is 10.2 Å². The summed E-state index contributed by atoms with van der Waals surface area (Å²) in [6.45, 7) is 4.50. The molecule has 1 fully saturated rings. The molecule has 1 aliphatic rings. The number of anilines is 2. The van der Waals surface area contributed by atoms with E-state index in [1.54, 1.807) is 0 Å². The second-order valence-electron chi connectivity index (χ2n) is 9.10. The zero-order chi connectivity index (χ0) is 26.9. The zero-order valence-electron chi connectivity index (χ0n) is 20.4. The molecule has 11 heteroatoms. The molecule has 0 saturated carbocycles. The monoisotopic (exact) mass is 525 g/mol. The molecule has 0 radical (unpaired) electrons. The number of aromatic carboxylic acids is 1. The largest absolute Gasteiger partial charge is 0.475 e. The highest BCUT2D eigenvalue weighted by atomic mass is 35.5. The van der Waals surface area contributed by atoms with E-state index in [2.05, 4.69) is 20.6 Å². The lowest BCUT2D eigenvalue weighted by molar-refractivity contribution is -0.122. The van der Waals surface area contributed by atoms with E-state index in [-0.39, 0.29) is 41.1 Å². The summed E-state index contributed by atoms with van der Waals surface area (Å²) in [5.41, 5.74) is 1.31.